The SMILES string of the molecule is CCCN(C(=O)C(CO)NC(=O)OC(C)(C)C)C(C(=O)NCC(=O)OC)c1cccc(C)c1C. The number of carbonyl (C=O) groups is 4. The zero-order valence-corrected chi connectivity index (χ0v) is 21.1. The molecule has 0 saturated heterocycles. The number of amides is 3. The lowest BCUT2D eigenvalue weighted by Crippen LogP contribution is -2.54. The Hall–Kier alpha value is -3.14. The number of carbonyl (C=O) groups excluding carboxylic acids is 4. The Morgan fingerprint density at radius 3 is 2.32 bits per heavy atom. The molecule has 0 saturated carbocycles. The Balaban J connectivity index is 3.40. The first-order valence-corrected chi connectivity index (χ1v) is 11.2. The van der Waals surface area contributed by atoms with Crippen molar-refractivity contribution in [1.82, 2.24) is 15.5 Å². The van der Waals surface area contributed by atoms with Crippen LogP contribution in [0.1, 0.15) is 56.8 Å². The maximum Gasteiger partial charge on any atom is 0.408 e. The Morgan fingerprint density at radius 1 is 1.15 bits per heavy atom. The molecule has 0 radical (unpaired) electrons. The molecule has 0 bridgehead atoms. The van der Waals surface area contributed by atoms with E-state index in [0.29, 0.717) is 12.0 Å². The van der Waals surface area contributed by atoms with Gasteiger partial charge in [-0.2, -0.15) is 0 Å². The summed E-state index contributed by atoms with van der Waals surface area (Å²) in [5, 5.41) is 14.8. The lowest BCUT2D eigenvalue weighted by atomic mass is 9.95. The van der Waals surface area contributed by atoms with Gasteiger partial charge in [-0.3, -0.25) is 14.4 Å². The number of aliphatic hydroxyl groups excluding tert-OH is 1. The zero-order valence-electron chi connectivity index (χ0n) is 21.1. The van der Waals surface area contributed by atoms with Gasteiger partial charge in [-0.1, -0.05) is 25.1 Å². The minimum Gasteiger partial charge on any atom is -0.468 e. The predicted molar refractivity (Wildman–Crippen MR) is 126 cm³/mol. The summed E-state index contributed by atoms with van der Waals surface area (Å²) in [5.74, 6) is -1.88. The van der Waals surface area contributed by atoms with Crippen molar-refractivity contribution in [3.63, 3.8) is 0 Å². The molecule has 0 heterocycles. The van der Waals surface area contributed by atoms with E-state index in [1.54, 1.807) is 32.9 Å². The highest BCUT2D eigenvalue weighted by molar-refractivity contribution is 5.93. The number of aliphatic hydroxyl groups is 1. The first-order valence-electron chi connectivity index (χ1n) is 11.2. The van der Waals surface area contributed by atoms with E-state index in [2.05, 4.69) is 15.4 Å². The van der Waals surface area contributed by atoms with Crippen LogP contribution in [0.3, 0.4) is 0 Å². The number of nitrogens with zero attached hydrogens (tertiary/aromatic N) is 1. The second-order valence-electron chi connectivity index (χ2n) is 8.90. The Bertz CT molecular complexity index is 880. The molecule has 0 fully saturated rings. The molecule has 0 aromatic heterocycles. The fourth-order valence-electron chi connectivity index (χ4n) is 3.29. The second-order valence-corrected chi connectivity index (χ2v) is 8.90. The average Bonchev–Trinajstić information content (AvgIpc) is 2.76. The van der Waals surface area contributed by atoms with Gasteiger partial charge in [0.15, 0.2) is 0 Å². The van der Waals surface area contributed by atoms with Crippen LogP contribution >= 0.6 is 0 Å². The van der Waals surface area contributed by atoms with Crippen molar-refractivity contribution in [1.29, 1.82) is 0 Å². The molecule has 1 rings (SSSR count). The van der Waals surface area contributed by atoms with Gasteiger partial charge in [-0.05, 0) is 57.7 Å². The molecule has 2 unspecified atom stereocenters. The van der Waals surface area contributed by atoms with Gasteiger partial charge in [-0.25, -0.2) is 4.79 Å². The van der Waals surface area contributed by atoms with E-state index < -0.39 is 48.2 Å². The van der Waals surface area contributed by atoms with E-state index in [1.807, 2.05) is 26.8 Å². The predicted octanol–water partition coefficient (Wildman–Crippen LogP) is 1.76. The summed E-state index contributed by atoms with van der Waals surface area (Å²) >= 11 is 0. The number of hydrogen-bond donors (Lipinski definition) is 3. The van der Waals surface area contributed by atoms with Crippen molar-refractivity contribution in [2.24, 2.45) is 0 Å². The zero-order chi connectivity index (χ0) is 26.1. The number of alkyl carbamates (subject to hydrolysis) is 1. The number of ether oxygens (including phenoxy) is 2. The standard InChI is InChI=1S/C24H37N3O7/c1-8-12-27(22(31)18(14-28)26-23(32)34-24(4,5)6)20(21(30)25-13-19(29)33-7)17-11-9-10-15(2)16(17)3/h9-11,18,20,28H,8,12-14H2,1-7H3,(H,25,30)(H,26,32). The molecule has 1 aromatic rings. The first-order chi connectivity index (χ1) is 15.9. The van der Waals surface area contributed by atoms with Gasteiger partial charge in [0.05, 0.1) is 13.7 Å². The normalized spacial score (nSPS) is 12.8. The third-order valence-electron chi connectivity index (χ3n) is 5.05. The fraction of sp³-hybridized carbons (Fsp3) is 0.583. The lowest BCUT2D eigenvalue weighted by molar-refractivity contribution is -0.145. The van der Waals surface area contributed by atoms with Crippen molar-refractivity contribution >= 4 is 23.9 Å². The number of nitrogens with one attached hydrogen (secondary N) is 2. The van der Waals surface area contributed by atoms with Crippen LogP contribution < -0.4 is 10.6 Å². The number of hydrogen-bond acceptors (Lipinski definition) is 7. The van der Waals surface area contributed by atoms with Crippen LogP contribution in [-0.2, 0) is 23.9 Å². The van der Waals surface area contributed by atoms with Crippen LogP contribution in [0, 0.1) is 13.8 Å². The van der Waals surface area contributed by atoms with E-state index in [-0.39, 0.29) is 13.1 Å². The monoisotopic (exact) mass is 479 g/mol. The largest absolute Gasteiger partial charge is 0.468 e. The average molecular weight is 480 g/mol. The minimum absolute atomic E-state index is 0.162. The summed E-state index contributed by atoms with van der Waals surface area (Å²) in [7, 11) is 1.21. The highest BCUT2D eigenvalue weighted by Crippen LogP contribution is 2.27. The summed E-state index contributed by atoms with van der Waals surface area (Å²) in [4.78, 5) is 51.9. The van der Waals surface area contributed by atoms with Gasteiger partial charge in [0.2, 0.25) is 11.8 Å². The van der Waals surface area contributed by atoms with E-state index in [1.165, 1.54) is 12.0 Å². The van der Waals surface area contributed by atoms with Gasteiger partial charge in [0.1, 0.15) is 24.2 Å². The number of methoxy groups -OCH3 is 1. The van der Waals surface area contributed by atoms with Crippen LogP contribution in [-0.4, -0.2) is 72.3 Å². The number of esters is 1. The number of benzene rings is 1. The van der Waals surface area contributed by atoms with Crippen LogP contribution in [0.25, 0.3) is 0 Å². The lowest BCUT2D eigenvalue weighted by Gasteiger charge is -2.34. The summed E-state index contributed by atoms with van der Waals surface area (Å²) in [6.07, 6.45) is -0.364. The molecule has 3 amide bonds. The Morgan fingerprint density at radius 2 is 1.79 bits per heavy atom. The van der Waals surface area contributed by atoms with Gasteiger partial charge >= 0.3 is 12.1 Å². The highest BCUT2D eigenvalue weighted by Gasteiger charge is 2.36. The van der Waals surface area contributed by atoms with Crippen LogP contribution in [0.5, 0.6) is 0 Å². The number of rotatable bonds is 10. The topological polar surface area (TPSA) is 134 Å². The molecule has 3 N–H and O–H groups in total. The minimum atomic E-state index is -1.33. The van der Waals surface area contributed by atoms with E-state index in [9.17, 15) is 24.3 Å². The van der Waals surface area contributed by atoms with Crippen molar-refractivity contribution in [3.05, 3.63) is 34.9 Å². The molecule has 190 valence electrons. The van der Waals surface area contributed by atoms with Crippen LogP contribution in [0.4, 0.5) is 4.79 Å². The van der Waals surface area contributed by atoms with E-state index >= 15 is 0 Å². The van der Waals surface area contributed by atoms with Gasteiger partial charge in [0, 0.05) is 6.54 Å². The molecule has 2 atom stereocenters. The fourth-order valence-corrected chi connectivity index (χ4v) is 3.29. The molecule has 34 heavy (non-hydrogen) atoms. The third kappa shape index (κ3) is 8.33. The van der Waals surface area contributed by atoms with E-state index in [4.69, 9.17) is 4.74 Å². The van der Waals surface area contributed by atoms with Crippen LogP contribution in [0.2, 0.25) is 0 Å². The molecule has 0 aliphatic heterocycles. The van der Waals surface area contributed by atoms with Crippen molar-refractivity contribution in [2.75, 3.05) is 26.8 Å². The second kappa shape index (κ2) is 12.9. The smallest absolute Gasteiger partial charge is 0.408 e. The van der Waals surface area contributed by atoms with Gasteiger partial charge in [0.25, 0.3) is 0 Å². The van der Waals surface area contributed by atoms with Crippen molar-refractivity contribution in [3.8, 4) is 0 Å². The third-order valence-corrected chi connectivity index (χ3v) is 5.05. The van der Waals surface area contributed by atoms with Crippen molar-refractivity contribution in [2.45, 2.75) is 65.6 Å². The molecule has 0 aliphatic rings. The van der Waals surface area contributed by atoms with Gasteiger partial charge in [-0.15, -0.1) is 0 Å². The molecule has 0 spiro atoms. The molecule has 10 nitrogen and oxygen atoms in total. The summed E-state index contributed by atoms with van der Waals surface area (Å²) in [6.45, 7) is 9.68. The van der Waals surface area contributed by atoms with E-state index in [0.717, 1.165) is 11.1 Å². The molecule has 0 aliphatic carbocycles. The summed E-state index contributed by atoms with van der Waals surface area (Å²) in [5.41, 5.74) is 1.48. The molecular formula is C24H37N3O7. The maximum absolute atomic E-state index is 13.5. The molecule has 1 aromatic carbocycles. The highest BCUT2D eigenvalue weighted by atomic mass is 16.6. The van der Waals surface area contributed by atoms with Gasteiger partial charge < -0.3 is 30.1 Å². The van der Waals surface area contributed by atoms with Crippen LogP contribution in [0.15, 0.2) is 18.2 Å². The summed E-state index contributed by atoms with van der Waals surface area (Å²) < 4.78 is 9.80. The molecular weight excluding hydrogens is 442 g/mol. The maximum atomic E-state index is 13.5. The first kappa shape index (κ1) is 28.9. The number of aryl methyl sites for hydroxylation is 1. The Labute approximate surface area is 201 Å². The quantitative estimate of drug-likeness (QED) is 0.435. The molecule has 10 heteroatoms. The van der Waals surface area contributed by atoms with Crippen molar-refractivity contribution < 1.29 is 33.8 Å². The Kier molecular flexibility index (Phi) is 11.0. The summed E-state index contributed by atoms with van der Waals surface area (Å²) in [6, 6.07) is 2.95.